The molecule has 2 aromatic carbocycles. The summed E-state index contributed by atoms with van der Waals surface area (Å²) in [7, 11) is 1.90. The molecule has 2 aromatic rings. The fraction of sp³-hybridized carbons (Fsp3) is 0.391. The second-order valence-corrected chi connectivity index (χ2v) is 8.41. The summed E-state index contributed by atoms with van der Waals surface area (Å²) in [6, 6.07) is 17.6. The average molecular weight is 397 g/mol. The highest BCUT2D eigenvalue weighted by Gasteiger charge is 2.22. The van der Waals surface area contributed by atoms with Crippen LogP contribution in [0.1, 0.15) is 48.9 Å². The van der Waals surface area contributed by atoms with Crippen molar-refractivity contribution in [1.82, 2.24) is 4.90 Å². The maximum Gasteiger partial charge on any atom is 0.253 e. The molecule has 148 valence electrons. The van der Waals surface area contributed by atoms with Gasteiger partial charge in [-0.15, -0.1) is 11.8 Å². The van der Waals surface area contributed by atoms with Crippen LogP contribution in [0.2, 0.25) is 0 Å². The number of rotatable bonds is 7. The standard InChI is InChI=1S/C23H28N2O2S/c1-25(20-8-4-2-5-9-20)23(27)18-12-14-19(15-13-18)24-22(26)16-17-28-21-10-6-3-7-11-21/h3,6-7,10-15,20H,2,4-5,8-9,16-17H2,1H3,(H,24,26). The first-order chi connectivity index (χ1) is 13.6. The molecule has 1 saturated carbocycles. The van der Waals surface area contributed by atoms with Crippen molar-refractivity contribution in [3.63, 3.8) is 0 Å². The van der Waals surface area contributed by atoms with Crippen molar-refractivity contribution in [3.05, 3.63) is 60.2 Å². The summed E-state index contributed by atoms with van der Waals surface area (Å²) in [6.45, 7) is 0. The van der Waals surface area contributed by atoms with Crippen LogP contribution in [0.5, 0.6) is 0 Å². The summed E-state index contributed by atoms with van der Waals surface area (Å²) in [4.78, 5) is 27.9. The number of anilines is 1. The number of carbonyl (C=O) groups is 2. The smallest absolute Gasteiger partial charge is 0.253 e. The molecule has 4 nitrogen and oxygen atoms in total. The maximum absolute atomic E-state index is 12.7. The van der Waals surface area contributed by atoms with E-state index in [1.807, 2.05) is 54.4 Å². The first-order valence-corrected chi connectivity index (χ1v) is 11.0. The van der Waals surface area contributed by atoms with Crippen molar-refractivity contribution in [2.24, 2.45) is 0 Å². The first-order valence-electron chi connectivity index (χ1n) is 9.98. The Morgan fingerprint density at radius 1 is 1.00 bits per heavy atom. The normalized spacial score (nSPS) is 14.5. The monoisotopic (exact) mass is 396 g/mol. The molecule has 28 heavy (non-hydrogen) atoms. The van der Waals surface area contributed by atoms with E-state index in [9.17, 15) is 9.59 Å². The Morgan fingerprint density at radius 2 is 1.68 bits per heavy atom. The minimum Gasteiger partial charge on any atom is -0.339 e. The van der Waals surface area contributed by atoms with Crippen LogP contribution in [-0.4, -0.2) is 35.6 Å². The summed E-state index contributed by atoms with van der Waals surface area (Å²) in [5, 5.41) is 2.91. The van der Waals surface area contributed by atoms with E-state index in [2.05, 4.69) is 5.32 Å². The number of benzene rings is 2. The molecule has 0 saturated heterocycles. The van der Waals surface area contributed by atoms with E-state index in [-0.39, 0.29) is 11.8 Å². The molecular weight excluding hydrogens is 368 g/mol. The Morgan fingerprint density at radius 3 is 2.36 bits per heavy atom. The van der Waals surface area contributed by atoms with Crippen LogP contribution in [0.25, 0.3) is 0 Å². The SMILES string of the molecule is CN(C(=O)c1ccc(NC(=O)CCSc2ccccc2)cc1)C1CCCCC1. The zero-order valence-electron chi connectivity index (χ0n) is 16.4. The van der Waals surface area contributed by atoms with Crippen LogP contribution in [0, 0.1) is 0 Å². The average Bonchev–Trinajstić information content (AvgIpc) is 2.74. The molecule has 5 heteroatoms. The van der Waals surface area contributed by atoms with Gasteiger partial charge >= 0.3 is 0 Å². The number of hydrogen-bond acceptors (Lipinski definition) is 3. The molecule has 3 rings (SSSR count). The minimum atomic E-state index is -0.0122. The second kappa shape index (κ2) is 10.3. The zero-order valence-corrected chi connectivity index (χ0v) is 17.2. The van der Waals surface area contributed by atoms with Crippen LogP contribution in [0.15, 0.2) is 59.5 Å². The third-order valence-electron chi connectivity index (χ3n) is 5.20. The summed E-state index contributed by atoms with van der Waals surface area (Å²) in [5.41, 5.74) is 1.40. The Balaban J connectivity index is 1.46. The van der Waals surface area contributed by atoms with E-state index in [1.165, 1.54) is 24.2 Å². The molecule has 0 unspecified atom stereocenters. The molecular formula is C23H28N2O2S. The van der Waals surface area contributed by atoms with Crippen LogP contribution in [-0.2, 0) is 4.79 Å². The number of amides is 2. The van der Waals surface area contributed by atoms with Gasteiger partial charge in [-0.1, -0.05) is 37.5 Å². The molecule has 1 fully saturated rings. The van der Waals surface area contributed by atoms with E-state index in [0.29, 0.717) is 18.0 Å². The van der Waals surface area contributed by atoms with Crippen LogP contribution < -0.4 is 5.32 Å². The second-order valence-electron chi connectivity index (χ2n) is 7.24. The highest BCUT2D eigenvalue weighted by Crippen LogP contribution is 2.23. The molecule has 0 aliphatic heterocycles. The van der Waals surface area contributed by atoms with Gasteiger partial charge in [0.25, 0.3) is 5.91 Å². The van der Waals surface area contributed by atoms with Gasteiger partial charge in [-0.3, -0.25) is 9.59 Å². The van der Waals surface area contributed by atoms with Crippen molar-refractivity contribution in [1.29, 1.82) is 0 Å². The molecule has 0 atom stereocenters. The van der Waals surface area contributed by atoms with Crippen LogP contribution >= 0.6 is 11.8 Å². The summed E-state index contributed by atoms with van der Waals surface area (Å²) in [6.07, 6.45) is 6.32. The number of nitrogens with one attached hydrogen (secondary N) is 1. The van der Waals surface area contributed by atoms with Crippen molar-refractivity contribution < 1.29 is 9.59 Å². The highest BCUT2D eigenvalue weighted by molar-refractivity contribution is 7.99. The molecule has 0 aromatic heterocycles. The van der Waals surface area contributed by atoms with Crippen molar-refractivity contribution in [2.75, 3.05) is 18.1 Å². The van der Waals surface area contributed by atoms with E-state index in [1.54, 1.807) is 23.9 Å². The number of nitrogens with zero attached hydrogens (tertiary/aromatic N) is 1. The lowest BCUT2D eigenvalue weighted by molar-refractivity contribution is -0.115. The third kappa shape index (κ3) is 5.86. The molecule has 1 aliphatic rings. The molecule has 1 N–H and O–H groups in total. The van der Waals surface area contributed by atoms with Crippen molar-refractivity contribution in [3.8, 4) is 0 Å². The van der Waals surface area contributed by atoms with Gasteiger partial charge in [-0.25, -0.2) is 0 Å². The van der Waals surface area contributed by atoms with Gasteiger partial charge < -0.3 is 10.2 Å². The summed E-state index contributed by atoms with van der Waals surface area (Å²) in [5.74, 6) is 0.782. The molecule has 0 radical (unpaired) electrons. The number of hydrogen-bond donors (Lipinski definition) is 1. The Labute approximate surface area is 171 Å². The van der Waals surface area contributed by atoms with E-state index in [4.69, 9.17) is 0 Å². The summed E-state index contributed by atoms with van der Waals surface area (Å²) < 4.78 is 0. The van der Waals surface area contributed by atoms with Crippen molar-refractivity contribution in [2.45, 2.75) is 49.5 Å². The Bertz CT molecular complexity index is 771. The fourth-order valence-electron chi connectivity index (χ4n) is 3.54. The van der Waals surface area contributed by atoms with E-state index < -0.39 is 0 Å². The van der Waals surface area contributed by atoms with E-state index >= 15 is 0 Å². The largest absolute Gasteiger partial charge is 0.339 e. The van der Waals surface area contributed by atoms with Gasteiger partial charge in [-0.2, -0.15) is 0 Å². The lowest BCUT2D eigenvalue weighted by Gasteiger charge is -2.31. The minimum absolute atomic E-state index is 0.0122. The molecule has 0 heterocycles. The number of carbonyl (C=O) groups excluding carboxylic acids is 2. The van der Waals surface area contributed by atoms with Gasteiger partial charge in [0, 0.05) is 41.4 Å². The Kier molecular flexibility index (Phi) is 7.54. The molecule has 2 amide bonds. The number of thioether (sulfide) groups is 1. The molecule has 1 aliphatic carbocycles. The predicted octanol–water partition coefficient (Wildman–Crippen LogP) is 5.21. The van der Waals surface area contributed by atoms with Crippen LogP contribution in [0.4, 0.5) is 5.69 Å². The Hall–Kier alpha value is -2.27. The highest BCUT2D eigenvalue weighted by atomic mass is 32.2. The van der Waals surface area contributed by atoms with Gasteiger partial charge in [0.05, 0.1) is 0 Å². The molecule has 0 bridgehead atoms. The summed E-state index contributed by atoms with van der Waals surface area (Å²) >= 11 is 1.67. The van der Waals surface area contributed by atoms with E-state index in [0.717, 1.165) is 24.3 Å². The van der Waals surface area contributed by atoms with Crippen molar-refractivity contribution >= 4 is 29.3 Å². The fourth-order valence-corrected chi connectivity index (χ4v) is 4.41. The van der Waals surface area contributed by atoms with Gasteiger partial charge in [0.1, 0.15) is 0 Å². The topological polar surface area (TPSA) is 49.4 Å². The predicted molar refractivity (Wildman–Crippen MR) is 116 cm³/mol. The lowest BCUT2D eigenvalue weighted by Crippen LogP contribution is -2.38. The molecule has 0 spiro atoms. The third-order valence-corrected chi connectivity index (χ3v) is 6.21. The van der Waals surface area contributed by atoms with Crippen LogP contribution in [0.3, 0.4) is 0 Å². The van der Waals surface area contributed by atoms with Gasteiger partial charge in [0.15, 0.2) is 0 Å². The quantitative estimate of drug-likeness (QED) is 0.654. The first kappa shape index (κ1) is 20.5. The lowest BCUT2D eigenvalue weighted by atomic mass is 9.94. The maximum atomic E-state index is 12.7. The van der Waals surface area contributed by atoms with Gasteiger partial charge in [0.2, 0.25) is 5.91 Å². The zero-order chi connectivity index (χ0) is 19.8. The van der Waals surface area contributed by atoms with Gasteiger partial charge in [-0.05, 0) is 49.2 Å².